The van der Waals surface area contributed by atoms with Crippen molar-refractivity contribution in [2.24, 2.45) is 0 Å². The van der Waals surface area contributed by atoms with Crippen molar-refractivity contribution in [3.05, 3.63) is 67.0 Å². The van der Waals surface area contributed by atoms with E-state index in [1.807, 2.05) is 6.92 Å². The summed E-state index contributed by atoms with van der Waals surface area (Å²) in [5.74, 6) is 0.484. The summed E-state index contributed by atoms with van der Waals surface area (Å²) < 4.78 is 17.1. The molecule has 9 nitrogen and oxygen atoms in total. The quantitative estimate of drug-likeness (QED) is 0.236. The average molecular weight is 537 g/mol. The summed E-state index contributed by atoms with van der Waals surface area (Å²) in [6, 6.07) is 9.64. The minimum atomic E-state index is -0.461. The topological polar surface area (TPSA) is 108 Å². The highest BCUT2D eigenvalue weighted by atomic mass is 79.9. The maximum absolute atomic E-state index is 12.6. The number of imide groups is 1. The van der Waals surface area contributed by atoms with E-state index in [1.54, 1.807) is 30.3 Å². The van der Waals surface area contributed by atoms with E-state index in [4.69, 9.17) is 14.2 Å². The molecule has 0 aromatic heterocycles. The molecule has 174 valence electrons. The highest BCUT2D eigenvalue weighted by Gasteiger charge is 2.34. The number of hydrogen-bond acceptors (Lipinski definition) is 8. The van der Waals surface area contributed by atoms with E-state index in [1.165, 1.54) is 19.2 Å². The summed E-state index contributed by atoms with van der Waals surface area (Å²) in [5.41, 5.74) is 1.26. The molecule has 1 heterocycles. The fourth-order valence-corrected chi connectivity index (χ4v) is 4.46. The van der Waals surface area contributed by atoms with E-state index >= 15 is 0 Å². The Morgan fingerprint density at radius 1 is 1.21 bits per heavy atom. The second kappa shape index (κ2) is 11.3. The lowest BCUT2D eigenvalue weighted by molar-refractivity contribution is -0.384. The van der Waals surface area contributed by atoms with Crippen LogP contribution in [0.15, 0.2) is 45.8 Å². The van der Waals surface area contributed by atoms with Crippen molar-refractivity contribution in [3.8, 4) is 11.5 Å². The smallest absolute Gasteiger partial charge is 0.293 e. The summed E-state index contributed by atoms with van der Waals surface area (Å²) in [4.78, 5) is 36.7. The van der Waals surface area contributed by atoms with E-state index in [-0.39, 0.29) is 36.6 Å². The lowest BCUT2D eigenvalue weighted by Gasteiger charge is -2.15. The number of amides is 2. The van der Waals surface area contributed by atoms with Gasteiger partial charge in [-0.3, -0.25) is 24.6 Å². The van der Waals surface area contributed by atoms with Crippen molar-refractivity contribution in [2.45, 2.75) is 13.5 Å². The lowest BCUT2D eigenvalue weighted by atomic mass is 10.1. The van der Waals surface area contributed by atoms with Gasteiger partial charge in [0, 0.05) is 19.2 Å². The maximum atomic E-state index is 12.6. The number of carbonyl (C=O) groups is 2. The van der Waals surface area contributed by atoms with Crippen LogP contribution < -0.4 is 9.47 Å². The van der Waals surface area contributed by atoms with Gasteiger partial charge in [0.15, 0.2) is 11.5 Å². The molecule has 2 aromatic rings. The number of thioether (sulfide) groups is 1. The predicted molar refractivity (Wildman–Crippen MR) is 127 cm³/mol. The third kappa shape index (κ3) is 6.12. The summed E-state index contributed by atoms with van der Waals surface area (Å²) in [5, 5.41) is 10.6. The number of rotatable bonds is 10. The number of nitro benzene ring substituents is 1. The number of hydrogen-bond donors (Lipinski definition) is 0. The van der Waals surface area contributed by atoms with Gasteiger partial charge in [0.25, 0.3) is 16.8 Å². The molecule has 0 unspecified atom stereocenters. The van der Waals surface area contributed by atoms with Crippen molar-refractivity contribution in [1.29, 1.82) is 0 Å². The maximum Gasteiger partial charge on any atom is 0.293 e. The minimum absolute atomic E-state index is 0.0185. The van der Waals surface area contributed by atoms with Crippen LogP contribution in [0.4, 0.5) is 10.5 Å². The van der Waals surface area contributed by atoms with E-state index < -0.39 is 4.92 Å². The summed E-state index contributed by atoms with van der Waals surface area (Å²) in [6.07, 6.45) is 1.62. The standard InChI is InChI=1S/C22H21BrN2O7S/c1-3-31-18-11-15(12-19-21(26)24(7-8-30-2)22(27)33-19)10-17(23)20(18)32-13-14-5-4-6-16(9-14)25(28)29/h4-6,9-12H,3,7-8,13H2,1-2H3/b19-12+. The Kier molecular flexibility index (Phi) is 8.48. The molecule has 0 saturated carbocycles. The zero-order chi connectivity index (χ0) is 24.0. The molecule has 0 aliphatic carbocycles. The van der Waals surface area contributed by atoms with Gasteiger partial charge in [-0.2, -0.15) is 0 Å². The summed E-state index contributed by atoms with van der Waals surface area (Å²) in [7, 11) is 1.50. The van der Waals surface area contributed by atoms with Gasteiger partial charge in [-0.05, 0) is 64.0 Å². The fraction of sp³-hybridized carbons (Fsp3) is 0.273. The van der Waals surface area contributed by atoms with Crippen molar-refractivity contribution in [3.63, 3.8) is 0 Å². The number of benzene rings is 2. The first kappa shape index (κ1) is 24.7. The van der Waals surface area contributed by atoms with Crippen LogP contribution in [0.3, 0.4) is 0 Å². The van der Waals surface area contributed by atoms with Gasteiger partial charge in [-0.25, -0.2) is 0 Å². The molecule has 2 amide bonds. The number of carbonyl (C=O) groups excluding carboxylic acids is 2. The van der Waals surface area contributed by atoms with Crippen LogP contribution in [0.25, 0.3) is 6.08 Å². The first-order valence-electron chi connectivity index (χ1n) is 9.90. The van der Waals surface area contributed by atoms with Crippen LogP contribution >= 0.6 is 27.7 Å². The van der Waals surface area contributed by atoms with E-state index in [2.05, 4.69) is 15.9 Å². The Labute approximate surface area is 203 Å². The number of ether oxygens (including phenoxy) is 3. The molecule has 33 heavy (non-hydrogen) atoms. The second-order valence-electron chi connectivity index (χ2n) is 6.80. The van der Waals surface area contributed by atoms with Crippen LogP contribution in [-0.2, 0) is 16.1 Å². The van der Waals surface area contributed by atoms with Crippen LogP contribution in [-0.4, -0.2) is 47.8 Å². The van der Waals surface area contributed by atoms with Crippen LogP contribution in [0.1, 0.15) is 18.1 Å². The van der Waals surface area contributed by atoms with E-state index in [9.17, 15) is 19.7 Å². The highest BCUT2D eigenvalue weighted by molar-refractivity contribution is 9.10. The van der Waals surface area contributed by atoms with Gasteiger partial charge >= 0.3 is 0 Å². The van der Waals surface area contributed by atoms with Crippen LogP contribution in [0, 0.1) is 10.1 Å². The zero-order valence-corrected chi connectivity index (χ0v) is 20.3. The molecule has 0 radical (unpaired) electrons. The largest absolute Gasteiger partial charge is 0.490 e. The van der Waals surface area contributed by atoms with Gasteiger partial charge in [0.2, 0.25) is 0 Å². The highest BCUT2D eigenvalue weighted by Crippen LogP contribution is 2.39. The molecule has 3 rings (SSSR count). The van der Waals surface area contributed by atoms with Crippen molar-refractivity contribution in [2.75, 3.05) is 26.9 Å². The molecule has 1 aliphatic heterocycles. The molecule has 1 fully saturated rings. The number of nitro groups is 1. The SMILES string of the molecule is CCOc1cc(/C=C2/SC(=O)N(CCOC)C2=O)cc(Br)c1OCc1cccc([N+](=O)[O-])c1. The Balaban J connectivity index is 1.83. The van der Waals surface area contributed by atoms with Gasteiger partial charge in [0.05, 0.1) is 34.1 Å². The third-order valence-electron chi connectivity index (χ3n) is 4.53. The third-order valence-corrected chi connectivity index (χ3v) is 6.02. The minimum Gasteiger partial charge on any atom is -0.490 e. The van der Waals surface area contributed by atoms with Gasteiger partial charge < -0.3 is 14.2 Å². The lowest BCUT2D eigenvalue weighted by Crippen LogP contribution is -2.31. The van der Waals surface area contributed by atoms with Crippen molar-refractivity contribution < 1.29 is 28.7 Å². The Morgan fingerprint density at radius 3 is 2.70 bits per heavy atom. The average Bonchev–Trinajstić information content (AvgIpc) is 3.04. The van der Waals surface area contributed by atoms with Crippen molar-refractivity contribution >= 4 is 50.6 Å². The molecule has 2 aromatic carbocycles. The Morgan fingerprint density at radius 2 is 2.00 bits per heavy atom. The zero-order valence-electron chi connectivity index (χ0n) is 17.9. The molecular weight excluding hydrogens is 516 g/mol. The summed E-state index contributed by atoms with van der Waals surface area (Å²) >= 11 is 4.34. The monoisotopic (exact) mass is 536 g/mol. The first-order valence-corrected chi connectivity index (χ1v) is 11.5. The molecular formula is C22H21BrN2O7S. The molecule has 0 bridgehead atoms. The van der Waals surface area contributed by atoms with E-state index in [0.717, 1.165) is 16.7 Å². The summed E-state index contributed by atoms with van der Waals surface area (Å²) in [6.45, 7) is 2.75. The van der Waals surface area contributed by atoms with E-state index in [0.29, 0.717) is 38.6 Å². The number of nitrogens with zero attached hydrogens (tertiary/aromatic N) is 2. The number of methoxy groups -OCH3 is 1. The molecule has 11 heteroatoms. The van der Waals surface area contributed by atoms with Gasteiger partial charge in [-0.1, -0.05) is 12.1 Å². The normalized spacial score (nSPS) is 14.8. The molecule has 0 atom stereocenters. The number of halogens is 1. The second-order valence-corrected chi connectivity index (χ2v) is 8.65. The Bertz CT molecular complexity index is 1110. The number of non-ortho nitro benzene ring substituents is 1. The van der Waals surface area contributed by atoms with Crippen LogP contribution in [0.2, 0.25) is 0 Å². The molecule has 0 N–H and O–H groups in total. The predicted octanol–water partition coefficient (Wildman–Crippen LogP) is 5.02. The Hall–Kier alpha value is -2.89. The van der Waals surface area contributed by atoms with Crippen LogP contribution in [0.5, 0.6) is 11.5 Å². The molecule has 1 aliphatic rings. The van der Waals surface area contributed by atoms with Gasteiger partial charge in [0.1, 0.15) is 6.61 Å². The molecule has 1 saturated heterocycles. The van der Waals surface area contributed by atoms with Gasteiger partial charge in [-0.15, -0.1) is 0 Å². The fourth-order valence-electron chi connectivity index (χ4n) is 3.02. The first-order chi connectivity index (χ1) is 15.8. The van der Waals surface area contributed by atoms with Crippen molar-refractivity contribution in [1.82, 2.24) is 4.90 Å². The molecule has 0 spiro atoms.